The van der Waals surface area contributed by atoms with Crippen molar-refractivity contribution in [1.82, 2.24) is 5.43 Å². The van der Waals surface area contributed by atoms with E-state index in [0.717, 1.165) is 0 Å². The summed E-state index contributed by atoms with van der Waals surface area (Å²) in [5.74, 6) is -1.08. The van der Waals surface area contributed by atoms with E-state index in [1.165, 1.54) is 6.21 Å². The van der Waals surface area contributed by atoms with Crippen molar-refractivity contribution in [3.8, 4) is 17.2 Å². The van der Waals surface area contributed by atoms with Crippen LogP contribution in [0.3, 0.4) is 0 Å². The summed E-state index contributed by atoms with van der Waals surface area (Å²) >= 11 is 6.06. The first-order valence-corrected chi connectivity index (χ1v) is 12.1. The van der Waals surface area contributed by atoms with Crippen molar-refractivity contribution in [2.45, 2.75) is 13.8 Å². The Morgan fingerprint density at radius 1 is 0.789 bits per heavy atom. The third-order valence-corrected chi connectivity index (χ3v) is 5.12. The van der Waals surface area contributed by atoms with Crippen LogP contribution in [-0.2, 0) is 14.4 Å². The Labute approximate surface area is 224 Å². The average Bonchev–Trinajstić information content (AvgIpc) is 2.91. The van der Waals surface area contributed by atoms with Gasteiger partial charge in [0.05, 0.1) is 35.8 Å². The van der Waals surface area contributed by atoms with Gasteiger partial charge in [0.25, 0.3) is 5.91 Å². The number of hydrazone groups is 1. The summed E-state index contributed by atoms with van der Waals surface area (Å²) in [6.45, 7) is 4.11. The molecule has 3 amide bonds. The molecule has 0 atom stereocenters. The highest BCUT2D eigenvalue weighted by molar-refractivity contribution is 6.39. The van der Waals surface area contributed by atoms with Crippen molar-refractivity contribution in [3.63, 3.8) is 0 Å². The molecule has 0 aromatic heterocycles. The summed E-state index contributed by atoms with van der Waals surface area (Å²) in [7, 11) is 0. The molecule has 0 aliphatic heterocycles. The third-order valence-electron chi connectivity index (χ3n) is 4.80. The summed E-state index contributed by atoms with van der Waals surface area (Å²) in [5.41, 5.74) is 3.59. The van der Waals surface area contributed by atoms with Crippen molar-refractivity contribution in [2.24, 2.45) is 5.10 Å². The maximum Gasteiger partial charge on any atom is 0.329 e. The van der Waals surface area contributed by atoms with Crippen LogP contribution in [0.25, 0.3) is 0 Å². The zero-order valence-electron chi connectivity index (χ0n) is 20.8. The molecular formula is C27H27ClN4O6. The Hall–Kier alpha value is -4.57. The lowest BCUT2D eigenvalue weighted by Gasteiger charge is -2.13. The van der Waals surface area contributed by atoms with Crippen molar-refractivity contribution < 1.29 is 28.6 Å². The van der Waals surface area contributed by atoms with Crippen LogP contribution in [0, 0.1) is 0 Å². The standard InChI is InChI=1S/C27H27ClN4O6/c1-3-36-22-12-8-7-11-21(22)31-26(34)27(35)32-29-16-18-13-14-23(24(15-18)37-4-2)38-17-25(33)30-20-10-6-5-9-19(20)28/h5-16H,3-4,17H2,1-2H3,(H,30,33)(H,31,34)(H,32,35)/b29-16-. The van der Waals surface area contributed by atoms with Gasteiger partial charge in [-0.3, -0.25) is 14.4 Å². The van der Waals surface area contributed by atoms with Crippen LogP contribution in [0.15, 0.2) is 71.8 Å². The number of carbonyl (C=O) groups excluding carboxylic acids is 3. The summed E-state index contributed by atoms with van der Waals surface area (Å²) < 4.78 is 16.7. The smallest absolute Gasteiger partial charge is 0.329 e. The Morgan fingerprint density at radius 2 is 1.47 bits per heavy atom. The zero-order valence-corrected chi connectivity index (χ0v) is 21.6. The van der Waals surface area contributed by atoms with Gasteiger partial charge in [-0.15, -0.1) is 0 Å². The van der Waals surface area contributed by atoms with Gasteiger partial charge in [0.1, 0.15) is 5.75 Å². The lowest BCUT2D eigenvalue weighted by molar-refractivity contribution is -0.136. The van der Waals surface area contributed by atoms with Crippen LogP contribution in [0.5, 0.6) is 17.2 Å². The molecular weight excluding hydrogens is 512 g/mol. The van der Waals surface area contributed by atoms with Gasteiger partial charge in [0.2, 0.25) is 0 Å². The van der Waals surface area contributed by atoms with Crippen LogP contribution in [0.4, 0.5) is 11.4 Å². The number of hydrogen-bond acceptors (Lipinski definition) is 7. The molecule has 198 valence electrons. The quantitative estimate of drug-likeness (QED) is 0.190. The van der Waals surface area contributed by atoms with E-state index in [9.17, 15) is 14.4 Å². The number of carbonyl (C=O) groups is 3. The normalized spacial score (nSPS) is 10.5. The van der Waals surface area contributed by atoms with Gasteiger partial charge >= 0.3 is 11.8 Å². The molecule has 10 nitrogen and oxygen atoms in total. The van der Waals surface area contributed by atoms with E-state index in [1.54, 1.807) is 73.7 Å². The second-order valence-electron chi connectivity index (χ2n) is 7.54. The van der Waals surface area contributed by atoms with Crippen LogP contribution >= 0.6 is 11.6 Å². The lowest BCUT2D eigenvalue weighted by Crippen LogP contribution is -2.32. The van der Waals surface area contributed by atoms with Crippen molar-refractivity contribution in [3.05, 3.63) is 77.3 Å². The van der Waals surface area contributed by atoms with E-state index in [2.05, 4.69) is 21.2 Å². The largest absolute Gasteiger partial charge is 0.492 e. The van der Waals surface area contributed by atoms with Crippen LogP contribution < -0.4 is 30.3 Å². The molecule has 3 aromatic carbocycles. The molecule has 0 aliphatic rings. The summed E-state index contributed by atoms with van der Waals surface area (Å²) in [4.78, 5) is 36.7. The maximum atomic E-state index is 12.3. The lowest BCUT2D eigenvalue weighted by atomic mass is 10.2. The van der Waals surface area contributed by atoms with Gasteiger partial charge in [-0.05, 0) is 61.9 Å². The molecule has 3 N–H and O–H groups in total. The van der Waals surface area contributed by atoms with Gasteiger partial charge in [0, 0.05) is 0 Å². The molecule has 3 aromatic rings. The molecule has 3 rings (SSSR count). The van der Waals surface area contributed by atoms with E-state index in [0.29, 0.717) is 52.4 Å². The van der Waals surface area contributed by atoms with Gasteiger partial charge < -0.3 is 24.8 Å². The molecule has 0 spiro atoms. The minimum absolute atomic E-state index is 0.268. The predicted octanol–water partition coefficient (Wildman–Crippen LogP) is 4.24. The molecule has 11 heteroatoms. The number of benzene rings is 3. The van der Waals surface area contributed by atoms with Gasteiger partial charge in [-0.25, -0.2) is 5.43 Å². The third kappa shape index (κ3) is 8.24. The molecule has 0 radical (unpaired) electrons. The molecule has 0 aliphatic carbocycles. The molecule has 0 bridgehead atoms. The van der Waals surface area contributed by atoms with E-state index in [-0.39, 0.29) is 6.61 Å². The van der Waals surface area contributed by atoms with Gasteiger partial charge in [-0.2, -0.15) is 5.10 Å². The van der Waals surface area contributed by atoms with Crippen LogP contribution in [-0.4, -0.2) is 43.8 Å². The molecule has 38 heavy (non-hydrogen) atoms. The van der Waals surface area contributed by atoms with Crippen LogP contribution in [0.1, 0.15) is 19.4 Å². The summed E-state index contributed by atoms with van der Waals surface area (Å²) in [5, 5.41) is 9.42. The number of halogens is 1. The van der Waals surface area contributed by atoms with Crippen LogP contribution in [0.2, 0.25) is 5.02 Å². The number of ether oxygens (including phenoxy) is 3. The molecule has 0 saturated carbocycles. The van der Waals surface area contributed by atoms with E-state index >= 15 is 0 Å². The number of nitrogens with one attached hydrogen (secondary N) is 3. The molecule has 0 unspecified atom stereocenters. The number of rotatable bonds is 11. The second-order valence-corrected chi connectivity index (χ2v) is 7.95. The Morgan fingerprint density at radius 3 is 2.21 bits per heavy atom. The summed E-state index contributed by atoms with van der Waals surface area (Å²) in [6.07, 6.45) is 1.34. The fraction of sp³-hybridized carbons (Fsp3) is 0.185. The van der Waals surface area contributed by atoms with E-state index in [1.807, 2.05) is 6.92 Å². The zero-order chi connectivity index (χ0) is 27.3. The minimum Gasteiger partial charge on any atom is -0.492 e. The fourth-order valence-electron chi connectivity index (χ4n) is 3.13. The highest BCUT2D eigenvalue weighted by Crippen LogP contribution is 2.28. The van der Waals surface area contributed by atoms with Crippen molar-refractivity contribution >= 4 is 46.9 Å². The molecule has 0 saturated heterocycles. The molecule has 0 heterocycles. The summed E-state index contributed by atoms with van der Waals surface area (Å²) in [6, 6.07) is 18.5. The highest BCUT2D eigenvalue weighted by atomic mass is 35.5. The fourth-order valence-corrected chi connectivity index (χ4v) is 3.31. The highest BCUT2D eigenvalue weighted by Gasteiger charge is 2.15. The number of amides is 3. The first-order chi connectivity index (χ1) is 18.4. The maximum absolute atomic E-state index is 12.3. The van der Waals surface area contributed by atoms with Gasteiger partial charge in [0.15, 0.2) is 18.1 Å². The molecule has 0 fully saturated rings. The Kier molecular flexibility index (Phi) is 10.5. The number of nitrogens with zero attached hydrogens (tertiary/aromatic N) is 1. The van der Waals surface area contributed by atoms with Crippen molar-refractivity contribution in [1.29, 1.82) is 0 Å². The Balaban J connectivity index is 1.57. The Bertz CT molecular complexity index is 1310. The van der Waals surface area contributed by atoms with Crippen molar-refractivity contribution in [2.75, 3.05) is 30.5 Å². The number of anilines is 2. The van der Waals surface area contributed by atoms with Gasteiger partial charge in [-0.1, -0.05) is 35.9 Å². The SMILES string of the molecule is CCOc1ccccc1NC(=O)C(=O)N/N=C\c1ccc(OCC(=O)Nc2ccccc2Cl)c(OCC)c1. The average molecular weight is 539 g/mol. The minimum atomic E-state index is -0.956. The first-order valence-electron chi connectivity index (χ1n) is 11.7. The first kappa shape index (κ1) is 28.0. The number of para-hydroxylation sites is 3. The predicted molar refractivity (Wildman–Crippen MR) is 145 cm³/mol. The van der Waals surface area contributed by atoms with E-state index < -0.39 is 17.7 Å². The second kappa shape index (κ2) is 14.2. The van der Waals surface area contributed by atoms with E-state index in [4.69, 9.17) is 25.8 Å². The monoisotopic (exact) mass is 538 g/mol. The number of hydrogen-bond donors (Lipinski definition) is 3. The topological polar surface area (TPSA) is 127 Å².